The van der Waals surface area contributed by atoms with Crippen LogP contribution in [-0.2, 0) is 23.4 Å². The average Bonchev–Trinajstić information content (AvgIpc) is 2.83. The van der Waals surface area contributed by atoms with Crippen LogP contribution in [0.25, 0.3) is 0 Å². The van der Waals surface area contributed by atoms with E-state index in [1.54, 1.807) is 0 Å². The largest absolute Gasteiger partial charge is 0.735 e. The lowest BCUT2D eigenvalue weighted by Crippen LogP contribution is -2.51. The molecule has 0 radical (unpaired) electrons. The molecule has 0 aromatic carbocycles. The van der Waals surface area contributed by atoms with E-state index in [1.807, 2.05) is 23.3 Å². The van der Waals surface area contributed by atoms with Gasteiger partial charge in [-0.3, -0.25) is 0 Å². The van der Waals surface area contributed by atoms with Crippen LogP contribution in [0.3, 0.4) is 0 Å². The van der Waals surface area contributed by atoms with Crippen LogP contribution in [0.1, 0.15) is 39.0 Å². The van der Waals surface area contributed by atoms with Crippen molar-refractivity contribution >= 4 is 10.3 Å². The summed E-state index contributed by atoms with van der Waals surface area (Å²) in [6.45, 7) is 4.03. The fourth-order valence-electron chi connectivity index (χ4n) is 2.71. The number of piperidine rings is 1. The second-order valence-electron chi connectivity index (χ2n) is 5.42. The van der Waals surface area contributed by atoms with Crippen molar-refractivity contribution in [2.45, 2.75) is 58.2 Å². The van der Waals surface area contributed by atoms with Crippen molar-refractivity contribution < 1.29 is 17.5 Å². The van der Waals surface area contributed by atoms with Gasteiger partial charge in [0.25, 0.3) is 0 Å². The highest BCUT2D eigenvalue weighted by Crippen LogP contribution is 2.19. The predicted molar refractivity (Wildman–Crippen MR) is 73.6 cm³/mol. The first-order valence-electron chi connectivity index (χ1n) is 7.28. The maximum atomic E-state index is 11.3. The number of hydrogen-bond donors (Lipinski definition) is 0. The molecule has 0 spiro atoms. The van der Waals surface area contributed by atoms with Crippen molar-refractivity contribution in [1.29, 1.82) is 0 Å². The summed E-state index contributed by atoms with van der Waals surface area (Å²) in [5.74, 6) is 0. The Bertz CT molecular complexity index is 527. The lowest BCUT2D eigenvalue weighted by molar-refractivity contribution is -0.700. The van der Waals surface area contributed by atoms with Crippen molar-refractivity contribution in [2.24, 2.45) is 0 Å². The second kappa shape index (κ2) is 6.69. The zero-order valence-electron chi connectivity index (χ0n) is 11.9. The fourth-order valence-corrected chi connectivity index (χ4v) is 3.60. The van der Waals surface area contributed by atoms with Gasteiger partial charge in [0.2, 0.25) is 6.33 Å². The molecule has 6 nitrogen and oxygen atoms in total. The number of aryl methyl sites for hydroxylation is 1. The minimum atomic E-state index is -4.34. The highest BCUT2D eigenvalue weighted by Gasteiger charge is 2.28. The van der Waals surface area contributed by atoms with Gasteiger partial charge in [0.05, 0.1) is 12.6 Å². The van der Waals surface area contributed by atoms with E-state index in [-0.39, 0.29) is 6.04 Å². The summed E-state index contributed by atoms with van der Waals surface area (Å²) in [6, 6.07) is -0.210. The molecule has 0 N–H and O–H groups in total. The lowest BCUT2D eigenvalue weighted by atomic mass is 10.1. The van der Waals surface area contributed by atoms with Crippen LogP contribution in [0, 0.1) is 0 Å². The normalized spacial score (nSPS) is 21.2. The van der Waals surface area contributed by atoms with Crippen molar-refractivity contribution in [3.8, 4) is 0 Å². The van der Waals surface area contributed by atoms with E-state index in [0.29, 0.717) is 13.1 Å². The fraction of sp³-hybridized carbons (Fsp3) is 0.769. The van der Waals surface area contributed by atoms with E-state index in [9.17, 15) is 13.0 Å². The molecule has 1 atom stereocenters. The third-order valence-corrected chi connectivity index (χ3v) is 4.85. The third-order valence-electron chi connectivity index (χ3n) is 3.80. The molecule has 7 heteroatoms. The number of aromatic nitrogens is 2. The van der Waals surface area contributed by atoms with Gasteiger partial charge < -0.3 is 4.55 Å². The first-order valence-corrected chi connectivity index (χ1v) is 8.64. The van der Waals surface area contributed by atoms with Gasteiger partial charge in [0, 0.05) is 6.54 Å². The molecule has 20 heavy (non-hydrogen) atoms. The van der Waals surface area contributed by atoms with Crippen LogP contribution in [0.2, 0.25) is 0 Å². The average molecular weight is 301 g/mol. The molecule has 1 aliphatic heterocycles. The standard InChI is InChI=1S/C13H23N3O3S/c1-2-3-7-14-9-10-15(12-14)11-13-6-4-5-8-16(13)20(17,18)19/h9-10,12-13H,2-8,11H2,1H3/t13-/m0/s1. The van der Waals surface area contributed by atoms with Crippen molar-refractivity contribution in [3.63, 3.8) is 0 Å². The topological polar surface area (TPSA) is 69.2 Å². The molecular formula is C13H23N3O3S. The molecule has 2 heterocycles. The van der Waals surface area contributed by atoms with Crippen molar-refractivity contribution in [2.75, 3.05) is 6.54 Å². The lowest BCUT2D eigenvalue weighted by Gasteiger charge is -2.35. The maximum absolute atomic E-state index is 11.3. The summed E-state index contributed by atoms with van der Waals surface area (Å²) in [4.78, 5) is 0. The number of unbranched alkanes of at least 4 members (excludes halogenated alkanes) is 1. The summed E-state index contributed by atoms with van der Waals surface area (Å²) in [6.07, 6.45) is 10.7. The van der Waals surface area contributed by atoms with Gasteiger partial charge in [-0.2, -0.15) is 0 Å². The van der Waals surface area contributed by atoms with E-state index in [0.717, 1.165) is 43.0 Å². The Morgan fingerprint density at radius 2 is 2.20 bits per heavy atom. The van der Waals surface area contributed by atoms with Gasteiger partial charge in [-0.05, 0) is 19.3 Å². The molecule has 0 amide bonds. The van der Waals surface area contributed by atoms with E-state index in [4.69, 9.17) is 0 Å². The number of hydrogen-bond acceptors (Lipinski definition) is 3. The van der Waals surface area contributed by atoms with Gasteiger partial charge in [-0.1, -0.05) is 19.8 Å². The summed E-state index contributed by atoms with van der Waals surface area (Å²) >= 11 is 0. The van der Waals surface area contributed by atoms with Gasteiger partial charge >= 0.3 is 0 Å². The van der Waals surface area contributed by atoms with Crippen LogP contribution in [0.15, 0.2) is 18.7 Å². The molecule has 1 aromatic rings. The molecule has 1 aromatic heterocycles. The first-order chi connectivity index (χ1) is 9.50. The molecule has 1 aliphatic rings. The Morgan fingerprint density at radius 3 is 2.90 bits per heavy atom. The maximum Gasteiger partial charge on any atom is 0.243 e. The Hall–Kier alpha value is -0.920. The molecule has 0 bridgehead atoms. The summed E-state index contributed by atoms with van der Waals surface area (Å²) < 4.78 is 39.1. The second-order valence-corrected chi connectivity index (χ2v) is 6.74. The van der Waals surface area contributed by atoms with Crippen molar-refractivity contribution in [1.82, 2.24) is 8.87 Å². The Balaban J connectivity index is 2.01. The zero-order valence-corrected chi connectivity index (χ0v) is 12.8. The number of rotatable bonds is 6. The van der Waals surface area contributed by atoms with Crippen molar-refractivity contribution in [3.05, 3.63) is 18.7 Å². The molecule has 0 unspecified atom stereocenters. The monoisotopic (exact) mass is 301 g/mol. The van der Waals surface area contributed by atoms with Crippen LogP contribution in [0.4, 0.5) is 0 Å². The predicted octanol–water partition coefficient (Wildman–Crippen LogP) is 0.890. The first kappa shape index (κ1) is 15.5. The van der Waals surface area contributed by atoms with Crippen LogP contribution in [0.5, 0.6) is 0 Å². The van der Waals surface area contributed by atoms with E-state index in [1.165, 1.54) is 0 Å². The summed E-state index contributed by atoms with van der Waals surface area (Å²) in [5.41, 5.74) is 0. The summed E-state index contributed by atoms with van der Waals surface area (Å²) in [5, 5.41) is 0. The van der Waals surface area contributed by atoms with Crippen LogP contribution < -0.4 is 4.57 Å². The Kier molecular flexibility index (Phi) is 5.17. The minimum absolute atomic E-state index is 0.210. The molecular weight excluding hydrogens is 278 g/mol. The van der Waals surface area contributed by atoms with E-state index < -0.39 is 10.3 Å². The van der Waals surface area contributed by atoms with E-state index >= 15 is 0 Å². The van der Waals surface area contributed by atoms with Crippen LogP contribution in [-0.4, -0.2) is 34.4 Å². The van der Waals surface area contributed by atoms with Gasteiger partial charge in [0.1, 0.15) is 18.9 Å². The van der Waals surface area contributed by atoms with Gasteiger partial charge in [-0.15, -0.1) is 0 Å². The number of imidazole rings is 1. The van der Waals surface area contributed by atoms with Gasteiger partial charge in [0.15, 0.2) is 10.3 Å². The molecule has 114 valence electrons. The smallest absolute Gasteiger partial charge is 0.243 e. The highest BCUT2D eigenvalue weighted by atomic mass is 32.2. The molecule has 0 saturated carbocycles. The SMILES string of the molecule is CCCCn1cc[n+](C[C@@H]2CCCCN2S(=O)(=O)[O-])c1. The zero-order chi connectivity index (χ0) is 14.6. The molecule has 2 rings (SSSR count). The number of nitrogens with zero attached hydrogens (tertiary/aromatic N) is 3. The third kappa shape index (κ3) is 4.04. The molecule has 0 aliphatic carbocycles. The quantitative estimate of drug-likeness (QED) is 0.579. The molecule has 1 fully saturated rings. The Morgan fingerprint density at radius 1 is 1.40 bits per heavy atom. The van der Waals surface area contributed by atoms with E-state index in [2.05, 4.69) is 11.5 Å². The van der Waals surface area contributed by atoms with Crippen LogP contribution >= 0.6 is 0 Å². The molecule has 1 saturated heterocycles. The summed E-state index contributed by atoms with van der Waals surface area (Å²) in [7, 11) is -4.34. The Labute approximate surface area is 120 Å². The minimum Gasteiger partial charge on any atom is -0.735 e. The highest BCUT2D eigenvalue weighted by molar-refractivity contribution is 7.83. The van der Waals surface area contributed by atoms with Gasteiger partial charge in [-0.25, -0.2) is 21.9 Å².